The lowest BCUT2D eigenvalue weighted by Gasteiger charge is -2.57. The van der Waals surface area contributed by atoms with Crippen LogP contribution >= 0.6 is 0 Å². The molecule has 0 radical (unpaired) electrons. The Bertz CT molecular complexity index is 1310. The highest BCUT2D eigenvalue weighted by molar-refractivity contribution is 7.89. The first-order valence-corrected chi connectivity index (χ1v) is 13.7. The first kappa shape index (κ1) is 23.5. The molecule has 1 saturated heterocycles. The SMILES string of the molecule is CC[C@H](c1ccccc1)C1[C@@H](c2ccccc2)N(S(=O)(=O)c2ccc(C)cc2)[C@H]1c1ccccc1. The van der Waals surface area contributed by atoms with E-state index < -0.39 is 10.0 Å². The molecule has 5 rings (SSSR count). The number of nitrogens with zero attached hydrogens (tertiary/aromatic N) is 1. The molecule has 1 unspecified atom stereocenters. The van der Waals surface area contributed by atoms with E-state index in [1.807, 2.05) is 61.5 Å². The summed E-state index contributed by atoms with van der Waals surface area (Å²) in [4.78, 5) is 0.344. The molecule has 0 amide bonds. The molecule has 4 heteroatoms. The van der Waals surface area contributed by atoms with Crippen molar-refractivity contribution in [2.24, 2.45) is 5.92 Å². The van der Waals surface area contributed by atoms with Gasteiger partial charge in [-0.25, -0.2) is 8.42 Å². The number of hydrogen-bond donors (Lipinski definition) is 0. The van der Waals surface area contributed by atoms with Crippen molar-refractivity contribution in [2.45, 2.75) is 43.2 Å². The molecule has 0 aliphatic carbocycles. The topological polar surface area (TPSA) is 37.4 Å². The van der Waals surface area contributed by atoms with Crippen LogP contribution in [0, 0.1) is 12.8 Å². The van der Waals surface area contributed by atoms with Gasteiger partial charge in [0, 0.05) is 5.92 Å². The zero-order valence-corrected chi connectivity index (χ0v) is 21.0. The molecule has 1 aliphatic heterocycles. The molecule has 0 bridgehead atoms. The Hall–Kier alpha value is -3.21. The van der Waals surface area contributed by atoms with E-state index in [0.29, 0.717) is 4.90 Å². The minimum Gasteiger partial charge on any atom is -0.207 e. The summed E-state index contributed by atoms with van der Waals surface area (Å²) in [5.74, 6) is 0.323. The van der Waals surface area contributed by atoms with Gasteiger partial charge in [0.25, 0.3) is 0 Å². The van der Waals surface area contributed by atoms with Gasteiger partial charge in [0.05, 0.1) is 17.0 Å². The summed E-state index contributed by atoms with van der Waals surface area (Å²) in [5, 5.41) is 0. The molecule has 1 heterocycles. The van der Waals surface area contributed by atoms with Gasteiger partial charge in [0.15, 0.2) is 0 Å². The van der Waals surface area contributed by atoms with Crippen molar-refractivity contribution >= 4 is 10.0 Å². The minimum atomic E-state index is -3.74. The van der Waals surface area contributed by atoms with Crippen molar-refractivity contribution in [1.29, 1.82) is 0 Å². The molecule has 4 aromatic rings. The molecule has 178 valence electrons. The molecule has 4 atom stereocenters. The fraction of sp³-hybridized carbons (Fsp3) is 0.226. The van der Waals surface area contributed by atoms with E-state index in [-0.39, 0.29) is 23.9 Å². The van der Waals surface area contributed by atoms with Crippen LogP contribution in [-0.2, 0) is 10.0 Å². The maximum Gasteiger partial charge on any atom is 0.244 e. The fourth-order valence-electron chi connectivity index (χ4n) is 5.62. The monoisotopic (exact) mass is 481 g/mol. The van der Waals surface area contributed by atoms with E-state index in [2.05, 4.69) is 55.5 Å². The number of hydrogen-bond acceptors (Lipinski definition) is 2. The van der Waals surface area contributed by atoms with E-state index >= 15 is 0 Å². The molecule has 0 spiro atoms. The van der Waals surface area contributed by atoms with Crippen LogP contribution in [0.4, 0.5) is 0 Å². The lowest BCUT2D eigenvalue weighted by atomic mass is 9.66. The molecule has 0 N–H and O–H groups in total. The summed E-state index contributed by atoms with van der Waals surface area (Å²) < 4.78 is 30.2. The van der Waals surface area contributed by atoms with Crippen molar-refractivity contribution < 1.29 is 8.42 Å². The molecule has 0 saturated carbocycles. The van der Waals surface area contributed by atoms with Gasteiger partial charge in [0.2, 0.25) is 10.0 Å². The second-order valence-corrected chi connectivity index (χ2v) is 11.2. The van der Waals surface area contributed by atoms with Crippen LogP contribution in [0.15, 0.2) is 120 Å². The van der Waals surface area contributed by atoms with Crippen molar-refractivity contribution in [3.05, 3.63) is 138 Å². The number of rotatable bonds is 7. The largest absolute Gasteiger partial charge is 0.244 e. The van der Waals surface area contributed by atoms with Gasteiger partial charge in [-0.15, -0.1) is 0 Å². The third-order valence-electron chi connectivity index (χ3n) is 7.29. The average Bonchev–Trinajstić information content (AvgIpc) is 2.88. The van der Waals surface area contributed by atoms with Crippen LogP contribution in [0.25, 0.3) is 0 Å². The second-order valence-electron chi connectivity index (χ2n) is 9.36. The van der Waals surface area contributed by atoms with Crippen LogP contribution in [0.3, 0.4) is 0 Å². The standard InChI is InChI=1S/C31H31NO2S/c1-3-28(24-13-7-4-8-14-24)29-30(25-15-9-5-10-16-25)32(31(29)26-17-11-6-12-18-26)35(33,34)27-21-19-23(2)20-22-27/h4-22,28-31H,3H2,1-2H3/t28-,29?,30-,31+/m1/s1. The first-order chi connectivity index (χ1) is 17.0. The number of benzene rings is 4. The quantitative estimate of drug-likeness (QED) is 0.278. The highest BCUT2D eigenvalue weighted by Gasteiger charge is 2.57. The highest BCUT2D eigenvalue weighted by Crippen LogP contribution is 2.60. The normalized spacial score (nSPS) is 21.3. The summed E-state index contributed by atoms with van der Waals surface area (Å²) in [6.07, 6.45) is 0.930. The average molecular weight is 482 g/mol. The lowest BCUT2D eigenvalue weighted by Crippen LogP contribution is -2.56. The van der Waals surface area contributed by atoms with Gasteiger partial charge >= 0.3 is 0 Å². The zero-order valence-electron chi connectivity index (χ0n) is 20.2. The summed E-state index contributed by atoms with van der Waals surface area (Å²) >= 11 is 0. The Labute approximate surface area is 209 Å². The fourth-order valence-corrected chi connectivity index (χ4v) is 7.47. The Kier molecular flexibility index (Phi) is 6.59. The van der Waals surface area contributed by atoms with Crippen molar-refractivity contribution in [1.82, 2.24) is 4.31 Å². The van der Waals surface area contributed by atoms with Crippen LogP contribution in [0.2, 0.25) is 0 Å². The number of sulfonamides is 1. The van der Waals surface area contributed by atoms with Crippen LogP contribution in [-0.4, -0.2) is 12.7 Å². The van der Waals surface area contributed by atoms with Crippen LogP contribution in [0.5, 0.6) is 0 Å². The summed E-state index contributed by atoms with van der Waals surface area (Å²) in [5.41, 5.74) is 4.37. The highest BCUT2D eigenvalue weighted by atomic mass is 32.2. The van der Waals surface area contributed by atoms with Gasteiger partial charge in [-0.1, -0.05) is 116 Å². The van der Waals surface area contributed by atoms with Crippen LogP contribution < -0.4 is 0 Å². The van der Waals surface area contributed by atoms with E-state index in [1.54, 1.807) is 16.4 Å². The van der Waals surface area contributed by atoms with E-state index in [0.717, 1.165) is 23.1 Å². The van der Waals surface area contributed by atoms with Crippen molar-refractivity contribution in [3.8, 4) is 0 Å². The predicted octanol–water partition coefficient (Wildman–Crippen LogP) is 7.29. The Morgan fingerprint density at radius 1 is 0.686 bits per heavy atom. The maximum atomic E-state index is 14.2. The zero-order chi connectivity index (χ0) is 24.4. The molecule has 4 aromatic carbocycles. The molecule has 1 fully saturated rings. The minimum absolute atomic E-state index is 0.104. The van der Waals surface area contributed by atoms with E-state index in [1.165, 1.54) is 5.56 Å². The lowest BCUT2D eigenvalue weighted by molar-refractivity contribution is -0.00388. The van der Waals surface area contributed by atoms with E-state index in [4.69, 9.17) is 0 Å². The van der Waals surface area contributed by atoms with Gasteiger partial charge < -0.3 is 0 Å². The summed E-state index contributed by atoms with van der Waals surface area (Å²) in [7, 11) is -3.74. The third-order valence-corrected chi connectivity index (χ3v) is 9.17. The Morgan fingerprint density at radius 3 is 1.60 bits per heavy atom. The second kappa shape index (κ2) is 9.80. The first-order valence-electron chi connectivity index (χ1n) is 12.3. The molecule has 1 aliphatic rings. The predicted molar refractivity (Wildman–Crippen MR) is 142 cm³/mol. The molecule has 0 aromatic heterocycles. The van der Waals surface area contributed by atoms with Gasteiger partial charge in [-0.2, -0.15) is 4.31 Å². The van der Waals surface area contributed by atoms with E-state index in [9.17, 15) is 8.42 Å². The number of aryl methyl sites for hydroxylation is 1. The molecular weight excluding hydrogens is 450 g/mol. The van der Waals surface area contributed by atoms with Gasteiger partial charge in [-0.05, 0) is 48.1 Å². The summed E-state index contributed by atoms with van der Waals surface area (Å²) in [6.45, 7) is 4.18. The van der Waals surface area contributed by atoms with Crippen LogP contribution in [0.1, 0.15) is 53.6 Å². The Morgan fingerprint density at radius 2 is 1.14 bits per heavy atom. The molecular formula is C31H31NO2S. The Balaban J connectivity index is 1.70. The van der Waals surface area contributed by atoms with Gasteiger partial charge in [-0.3, -0.25) is 0 Å². The van der Waals surface area contributed by atoms with Gasteiger partial charge in [0.1, 0.15) is 0 Å². The van der Waals surface area contributed by atoms with Crippen molar-refractivity contribution in [3.63, 3.8) is 0 Å². The third kappa shape index (κ3) is 4.33. The van der Waals surface area contributed by atoms with Crippen molar-refractivity contribution in [2.75, 3.05) is 0 Å². The molecule has 35 heavy (non-hydrogen) atoms. The molecule has 3 nitrogen and oxygen atoms in total. The summed E-state index contributed by atoms with van der Waals surface area (Å²) in [6, 6.07) is 37.5. The smallest absolute Gasteiger partial charge is 0.207 e. The maximum absolute atomic E-state index is 14.2.